The lowest BCUT2D eigenvalue weighted by Crippen LogP contribution is -2.50. The highest BCUT2D eigenvalue weighted by molar-refractivity contribution is 6.35. The van der Waals surface area contributed by atoms with Gasteiger partial charge in [0.15, 0.2) is 0 Å². The van der Waals surface area contributed by atoms with Gasteiger partial charge in [0, 0.05) is 25.7 Å². The van der Waals surface area contributed by atoms with Crippen LogP contribution in [-0.4, -0.2) is 48.6 Å². The van der Waals surface area contributed by atoms with Crippen molar-refractivity contribution in [1.82, 2.24) is 10.2 Å². The molecule has 0 spiro atoms. The van der Waals surface area contributed by atoms with Gasteiger partial charge in [-0.3, -0.25) is 9.59 Å². The molecule has 0 saturated carbocycles. The van der Waals surface area contributed by atoms with Gasteiger partial charge in [0.05, 0.1) is 6.10 Å². The van der Waals surface area contributed by atoms with Gasteiger partial charge in [0.1, 0.15) is 0 Å². The van der Waals surface area contributed by atoms with Gasteiger partial charge < -0.3 is 15.0 Å². The van der Waals surface area contributed by atoms with Crippen molar-refractivity contribution >= 4 is 11.8 Å². The first-order valence-corrected chi connectivity index (χ1v) is 7.42. The second-order valence-corrected chi connectivity index (χ2v) is 5.40. The summed E-state index contributed by atoms with van der Waals surface area (Å²) in [5, 5.41) is 2.71. The van der Waals surface area contributed by atoms with Crippen LogP contribution in [0, 0.1) is 0 Å². The van der Waals surface area contributed by atoms with Crippen molar-refractivity contribution < 1.29 is 14.3 Å². The van der Waals surface area contributed by atoms with Crippen molar-refractivity contribution in [1.29, 1.82) is 0 Å². The van der Waals surface area contributed by atoms with Crippen LogP contribution in [0.1, 0.15) is 45.4 Å². The molecule has 2 aliphatic heterocycles. The molecule has 2 atom stereocenters. The Morgan fingerprint density at radius 1 is 1.26 bits per heavy atom. The van der Waals surface area contributed by atoms with E-state index in [0.717, 1.165) is 45.1 Å². The van der Waals surface area contributed by atoms with Crippen LogP contribution in [0.25, 0.3) is 0 Å². The minimum Gasteiger partial charge on any atom is -0.376 e. The van der Waals surface area contributed by atoms with Crippen molar-refractivity contribution in [3.05, 3.63) is 0 Å². The molecule has 0 bridgehead atoms. The molecule has 2 heterocycles. The molecular weight excluding hydrogens is 244 g/mol. The van der Waals surface area contributed by atoms with E-state index in [2.05, 4.69) is 12.2 Å². The van der Waals surface area contributed by atoms with Crippen molar-refractivity contribution in [2.24, 2.45) is 0 Å². The smallest absolute Gasteiger partial charge is 0.312 e. The molecule has 2 unspecified atom stereocenters. The van der Waals surface area contributed by atoms with Gasteiger partial charge >= 0.3 is 11.8 Å². The average molecular weight is 268 g/mol. The number of hydrogen-bond donors (Lipinski definition) is 1. The Labute approximate surface area is 114 Å². The Hall–Kier alpha value is -1.10. The summed E-state index contributed by atoms with van der Waals surface area (Å²) in [6.45, 7) is 4.00. The molecule has 2 saturated heterocycles. The van der Waals surface area contributed by atoms with Gasteiger partial charge in [-0.1, -0.05) is 6.92 Å². The maximum absolute atomic E-state index is 12.1. The average Bonchev–Trinajstić information content (AvgIpc) is 2.97. The monoisotopic (exact) mass is 268 g/mol. The summed E-state index contributed by atoms with van der Waals surface area (Å²) in [4.78, 5) is 25.8. The van der Waals surface area contributed by atoms with E-state index < -0.39 is 5.91 Å². The van der Waals surface area contributed by atoms with Crippen LogP contribution >= 0.6 is 0 Å². The number of likely N-dealkylation sites (tertiary alicyclic amines) is 1. The predicted molar refractivity (Wildman–Crippen MR) is 71.6 cm³/mol. The SMILES string of the molecule is CCC1CCCCN1C(=O)C(=O)NCC1CCCO1. The number of piperidine rings is 1. The highest BCUT2D eigenvalue weighted by Gasteiger charge is 2.30. The zero-order chi connectivity index (χ0) is 13.7. The van der Waals surface area contributed by atoms with E-state index in [1.54, 1.807) is 4.90 Å². The third kappa shape index (κ3) is 3.69. The van der Waals surface area contributed by atoms with Crippen molar-refractivity contribution in [3.8, 4) is 0 Å². The molecular formula is C14H24N2O3. The summed E-state index contributed by atoms with van der Waals surface area (Å²) < 4.78 is 5.43. The normalized spacial score (nSPS) is 27.3. The Balaban J connectivity index is 1.81. The number of nitrogens with zero attached hydrogens (tertiary/aromatic N) is 1. The van der Waals surface area contributed by atoms with Crippen LogP contribution in [0.4, 0.5) is 0 Å². The number of carbonyl (C=O) groups excluding carboxylic acids is 2. The Kier molecular flexibility index (Phi) is 5.19. The molecule has 0 aromatic heterocycles. The summed E-state index contributed by atoms with van der Waals surface area (Å²) in [5.74, 6) is -0.847. The van der Waals surface area contributed by atoms with Crippen LogP contribution in [0.5, 0.6) is 0 Å². The molecule has 5 nitrogen and oxygen atoms in total. The first-order valence-electron chi connectivity index (χ1n) is 7.42. The van der Waals surface area contributed by atoms with Crippen molar-refractivity contribution in [2.75, 3.05) is 19.7 Å². The molecule has 0 aromatic rings. The zero-order valence-electron chi connectivity index (χ0n) is 11.7. The Bertz CT molecular complexity index is 327. The maximum atomic E-state index is 12.1. The largest absolute Gasteiger partial charge is 0.376 e. The molecule has 5 heteroatoms. The van der Waals surface area contributed by atoms with Crippen LogP contribution in [0.15, 0.2) is 0 Å². The molecule has 0 aliphatic carbocycles. The van der Waals surface area contributed by atoms with Gasteiger partial charge in [-0.25, -0.2) is 0 Å². The quantitative estimate of drug-likeness (QED) is 0.779. The molecule has 0 radical (unpaired) electrons. The fraction of sp³-hybridized carbons (Fsp3) is 0.857. The zero-order valence-corrected chi connectivity index (χ0v) is 11.7. The molecule has 0 aromatic carbocycles. The number of carbonyl (C=O) groups is 2. The van der Waals surface area contributed by atoms with E-state index >= 15 is 0 Å². The first kappa shape index (κ1) is 14.3. The molecule has 108 valence electrons. The van der Waals surface area contributed by atoms with Crippen LogP contribution in [-0.2, 0) is 14.3 Å². The first-order chi connectivity index (χ1) is 9.22. The van der Waals surface area contributed by atoms with E-state index in [9.17, 15) is 9.59 Å². The molecule has 19 heavy (non-hydrogen) atoms. The summed E-state index contributed by atoms with van der Waals surface area (Å²) in [5.41, 5.74) is 0. The highest BCUT2D eigenvalue weighted by atomic mass is 16.5. The van der Waals surface area contributed by atoms with E-state index in [4.69, 9.17) is 4.74 Å². The number of nitrogens with one attached hydrogen (secondary N) is 1. The number of amides is 2. The highest BCUT2D eigenvalue weighted by Crippen LogP contribution is 2.19. The van der Waals surface area contributed by atoms with Crippen molar-refractivity contribution in [2.45, 2.75) is 57.6 Å². The second-order valence-electron chi connectivity index (χ2n) is 5.40. The summed E-state index contributed by atoms with van der Waals surface area (Å²) >= 11 is 0. The van der Waals surface area contributed by atoms with E-state index in [-0.39, 0.29) is 18.1 Å². The minimum atomic E-state index is -0.476. The van der Waals surface area contributed by atoms with Crippen LogP contribution < -0.4 is 5.32 Å². The van der Waals surface area contributed by atoms with Gasteiger partial charge in [0.2, 0.25) is 0 Å². The Morgan fingerprint density at radius 3 is 2.79 bits per heavy atom. The molecule has 2 rings (SSSR count). The molecule has 1 N–H and O–H groups in total. The van der Waals surface area contributed by atoms with Gasteiger partial charge in [-0.15, -0.1) is 0 Å². The summed E-state index contributed by atoms with van der Waals surface area (Å²) in [6, 6.07) is 0.231. The van der Waals surface area contributed by atoms with E-state index in [1.807, 2.05) is 0 Å². The predicted octanol–water partition coefficient (Wildman–Crippen LogP) is 1.07. The van der Waals surface area contributed by atoms with E-state index in [1.165, 1.54) is 0 Å². The number of hydrogen-bond acceptors (Lipinski definition) is 3. The number of rotatable bonds is 3. The molecule has 2 aliphatic rings. The third-order valence-electron chi connectivity index (χ3n) is 4.07. The van der Waals surface area contributed by atoms with Crippen LogP contribution in [0.2, 0.25) is 0 Å². The lowest BCUT2D eigenvalue weighted by Gasteiger charge is -2.34. The fourth-order valence-corrected chi connectivity index (χ4v) is 2.91. The van der Waals surface area contributed by atoms with Gasteiger partial charge in [-0.05, 0) is 38.5 Å². The maximum Gasteiger partial charge on any atom is 0.312 e. The molecule has 2 amide bonds. The number of ether oxygens (including phenoxy) is 1. The Morgan fingerprint density at radius 2 is 2.11 bits per heavy atom. The fourth-order valence-electron chi connectivity index (χ4n) is 2.91. The minimum absolute atomic E-state index is 0.0834. The lowest BCUT2D eigenvalue weighted by atomic mass is 10.00. The standard InChI is InChI=1S/C14H24N2O3/c1-2-11-6-3-4-8-16(11)14(18)13(17)15-10-12-7-5-9-19-12/h11-12H,2-10H2,1H3,(H,15,17). The van der Waals surface area contributed by atoms with Gasteiger partial charge in [-0.2, -0.15) is 0 Å². The topological polar surface area (TPSA) is 58.6 Å². The van der Waals surface area contributed by atoms with Gasteiger partial charge in [0.25, 0.3) is 0 Å². The third-order valence-corrected chi connectivity index (χ3v) is 4.07. The second kappa shape index (κ2) is 6.89. The molecule has 2 fully saturated rings. The summed E-state index contributed by atoms with van der Waals surface area (Å²) in [6.07, 6.45) is 6.18. The van der Waals surface area contributed by atoms with Crippen molar-refractivity contribution in [3.63, 3.8) is 0 Å². The van der Waals surface area contributed by atoms with E-state index in [0.29, 0.717) is 13.1 Å². The summed E-state index contributed by atoms with van der Waals surface area (Å²) in [7, 11) is 0. The lowest BCUT2D eigenvalue weighted by molar-refractivity contribution is -0.148. The van der Waals surface area contributed by atoms with Crippen LogP contribution in [0.3, 0.4) is 0 Å².